The predicted octanol–water partition coefficient (Wildman–Crippen LogP) is 5.57. The van der Waals surface area contributed by atoms with Crippen molar-refractivity contribution in [2.45, 2.75) is 18.8 Å². The molecule has 1 aromatic heterocycles. The second-order valence-electron chi connectivity index (χ2n) is 7.71. The molecule has 0 aliphatic carbocycles. The van der Waals surface area contributed by atoms with Crippen LogP contribution in [0.4, 0.5) is 0 Å². The number of carbonyl (C=O) groups excluding carboxylic acids is 1. The molecular formula is C26H21BrN2O3. The third-order valence-corrected chi connectivity index (χ3v) is 6.09. The zero-order valence-corrected chi connectivity index (χ0v) is 19.0. The molecule has 2 heterocycles. The molecule has 0 bridgehead atoms. The van der Waals surface area contributed by atoms with Crippen LogP contribution in [-0.2, 0) is 27.9 Å². The Bertz CT molecular complexity index is 1300. The molecule has 2 unspecified atom stereocenters. The average Bonchev–Trinajstić information content (AvgIpc) is 3.40. The Labute approximate surface area is 194 Å². The molecule has 1 aliphatic heterocycles. The van der Waals surface area contributed by atoms with Gasteiger partial charge in [-0.25, -0.2) is 9.79 Å². The Kier molecular flexibility index (Phi) is 5.53. The summed E-state index contributed by atoms with van der Waals surface area (Å²) in [6, 6.07) is 26.6. The van der Waals surface area contributed by atoms with Gasteiger partial charge in [0.1, 0.15) is 6.61 Å². The average molecular weight is 489 g/mol. The standard InChI is InChI=1S/C26H21BrN2O3/c1-29-21-13-12-20(27)14-19(21)15-22(29)24-23(26(30)31-16-17-8-4-2-5-9-17)28-25(32-24)18-10-6-3-7-11-18/h2-15,23-24H,16H2,1H3. The van der Waals surface area contributed by atoms with Crippen LogP contribution in [0.25, 0.3) is 10.9 Å². The van der Waals surface area contributed by atoms with Crippen LogP contribution in [0.1, 0.15) is 22.9 Å². The zero-order chi connectivity index (χ0) is 22.1. The minimum atomic E-state index is -0.791. The lowest BCUT2D eigenvalue weighted by Gasteiger charge is -2.18. The molecule has 5 nitrogen and oxygen atoms in total. The Morgan fingerprint density at radius 2 is 1.75 bits per heavy atom. The number of aliphatic imine (C=N–C) groups is 1. The van der Waals surface area contributed by atoms with Crippen molar-refractivity contribution in [1.29, 1.82) is 0 Å². The summed E-state index contributed by atoms with van der Waals surface area (Å²) in [4.78, 5) is 17.8. The molecule has 5 rings (SSSR count). The number of hydrogen-bond acceptors (Lipinski definition) is 4. The van der Waals surface area contributed by atoms with Gasteiger partial charge in [-0.2, -0.15) is 0 Å². The molecule has 0 saturated heterocycles. The zero-order valence-electron chi connectivity index (χ0n) is 17.4. The molecule has 0 saturated carbocycles. The first-order valence-electron chi connectivity index (χ1n) is 10.4. The Hall–Kier alpha value is -3.38. The number of aryl methyl sites for hydroxylation is 1. The van der Waals surface area contributed by atoms with Crippen molar-refractivity contribution in [3.05, 3.63) is 106 Å². The first-order valence-corrected chi connectivity index (χ1v) is 11.1. The van der Waals surface area contributed by atoms with Crippen molar-refractivity contribution in [2.75, 3.05) is 0 Å². The van der Waals surface area contributed by atoms with E-state index in [1.54, 1.807) is 0 Å². The fourth-order valence-electron chi connectivity index (χ4n) is 3.96. The van der Waals surface area contributed by atoms with E-state index in [4.69, 9.17) is 9.47 Å². The van der Waals surface area contributed by atoms with Gasteiger partial charge in [0.25, 0.3) is 0 Å². The maximum Gasteiger partial charge on any atom is 0.335 e. The lowest BCUT2D eigenvalue weighted by molar-refractivity contribution is -0.148. The largest absolute Gasteiger partial charge is 0.465 e. The Balaban J connectivity index is 1.49. The molecule has 0 radical (unpaired) electrons. The third kappa shape index (κ3) is 3.94. The first-order chi connectivity index (χ1) is 15.6. The highest BCUT2D eigenvalue weighted by atomic mass is 79.9. The van der Waals surface area contributed by atoms with Gasteiger partial charge in [0.2, 0.25) is 5.90 Å². The number of rotatable bonds is 5. The second kappa shape index (κ2) is 8.63. The van der Waals surface area contributed by atoms with Crippen LogP contribution in [0, 0.1) is 0 Å². The minimum Gasteiger partial charge on any atom is -0.465 e. The number of nitrogens with zero attached hydrogens (tertiary/aromatic N) is 2. The number of fused-ring (bicyclic) bond motifs is 1. The van der Waals surface area contributed by atoms with Gasteiger partial charge >= 0.3 is 5.97 Å². The highest BCUT2D eigenvalue weighted by Gasteiger charge is 2.41. The van der Waals surface area contributed by atoms with Crippen LogP contribution in [-0.4, -0.2) is 22.5 Å². The van der Waals surface area contributed by atoms with E-state index in [0.717, 1.165) is 32.2 Å². The smallest absolute Gasteiger partial charge is 0.335 e. The quantitative estimate of drug-likeness (QED) is 0.345. The van der Waals surface area contributed by atoms with Crippen molar-refractivity contribution in [1.82, 2.24) is 4.57 Å². The lowest BCUT2D eigenvalue weighted by Crippen LogP contribution is -2.27. The molecule has 0 spiro atoms. The minimum absolute atomic E-state index is 0.196. The molecule has 0 amide bonds. The summed E-state index contributed by atoms with van der Waals surface area (Å²) in [6.07, 6.45) is -0.579. The maximum atomic E-state index is 13.1. The number of carbonyl (C=O) groups is 1. The van der Waals surface area contributed by atoms with Gasteiger partial charge in [0.05, 0.1) is 5.69 Å². The number of benzene rings is 3. The van der Waals surface area contributed by atoms with Crippen molar-refractivity contribution >= 4 is 38.7 Å². The maximum absolute atomic E-state index is 13.1. The van der Waals surface area contributed by atoms with Crippen molar-refractivity contribution in [3.8, 4) is 0 Å². The van der Waals surface area contributed by atoms with Crippen LogP contribution in [0.15, 0.2) is 94.4 Å². The van der Waals surface area contributed by atoms with E-state index >= 15 is 0 Å². The second-order valence-corrected chi connectivity index (χ2v) is 8.62. The number of hydrogen-bond donors (Lipinski definition) is 0. The molecule has 0 N–H and O–H groups in total. The van der Waals surface area contributed by atoms with E-state index < -0.39 is 18.1 Å². The summed E-state index contributed by atoms with van der Waals surface area (Å²) in [6.45, 7) is 0.196. The van der Waals surface area contributed by atoms with E-state index in [-0.39, 0.29) is 6.61 Å². The van der Waals surface area contributed by atoms with Gasteiger partial charge < -0.3 is 14.0 Å². The van der Waals surface area contributed by atoms with Crippen molar-refractivity contribution < 1.29 is 14.3 Å². The lowest BCUT2D eigenvalue weighted by atomic mass is 10.1. The van der Waals surface area contributed by atoms with Gasteiger partial charge in [-0.15, -0.1) is 0 Å². The monoisotopic (exact) mass is 488 g/mol. The van der Waals surface area contributed by atoms with Crippen molar-refractivity contribution in [3.63, 3.8) is 0 Å². The topological polar surface area (TPSA) is 52.8 Å². The molecule has 0 fully saturated rings. The van der Waals surface area contributed by atoms with E-state index in [0.29, 0.717) is 5.90 Å². The van der Waals surface area contributed by atoms with E-state index in [9.17, 15) is 4.79 Å². The summed E-state index contributed by atoms with van der Waals surface area (Å²) in [7, 11) is 1.97. The molecule has 2 atom stereocenters. The van der Waals surface area contributed by atoms with Crippen molar-refractivity contribution in [2.24, 2.45) is 12.0 Å². The summed E-state index contributed by atoms with van der Waals surface area (Å²) < 4.78 is 15.0. The van der Waals surface area contributed by atoms with Gasteiger partial charge in [0, 0.05) is 28.0 Å². The fourth-order valence-corrected chi connectivity index (χ4v) is 4.34. The first kappa shape index (κ1) is 20.5. The highest BCUT2D eigenvalue weighted by molar-refractivity contribution is 9.10. The number of aromatic nitrogens is 1. The summed E-state index contributed by atoms with van der Waals surface area (Å²) in [5, 5.41) is 1.06. The van der Waals surface area contributed by atoms with E-state index in [1.807, 2.05) is 90.5 Å². The molecule has 4 aromatic rings. The van der Waals surface area contributed by atoms with E-state index in [1.165, 1.54) is 0 Å². The van der Waals surface area contributed by atoms with Crippen LogP contribution in [0.2, 0.25) is 0 Å². The molecule has 32 heavy (non-hydrogen) atoms. The summed E-state index contributed by atoms with van der Waals surface area (Å²) >= 11 is 3.53. The van der Waals surface area contributed by atoms with Crippen LogP contribution >= 0.6 is 15.9 Å². The predicted molar refractivity (Wildman–Crippen MR) is 127 cm³/mol. The Morgan fingerprint density at radius 1 is 1.03 bits per heavy atom. The third-order valence-electron chi connectivity index (χ3n) is 5.60. The molecule has 160 valence electrons. The number of halogens is 1. The molecule has 1 aliphatic rings. The van der Waals surface area contributed by atoms with Crippen LogP contribution < -0.4 is 0 Å². The normalized spacial score (nSPS) is 17.8. The summed E-state index contributed by atoms with van der Waals surface area (Å²) in [5.41, 5.74) is 3.68. The molecule has 6 heteroatoms. The molecular weight excluding hydrogens is 468 g/mol. The summed E-state index contributed by atoms with van der Waals surface area (Å²) in [5.74, 6) is 0.0416. The van der Waals surface area contributed by atoms with Gasteiger partial charge in [-0.1, -0.05) is 64.5 Å². The SMILES string of the molecule is Cn1c(C2OC(c3ccccc3)=NC2C(=O)OCc2ccccc2)cc2cc(Br)ccc21. The Morgan fingerprint density at radius 3 is 2.50 bits per heavy atom. The number of ether oxygens (including phenoxy) is 2. The van der Waals surface area contributed by atoms with Crippen LogP contribution in [0.3, 0.4) is 0 Å². The highest BCUT2D eigenvalue weighted by Crippen LogP contribution is 2.35. The van der Waals surface area contributed by atoms with Gasteiger partial charge in [-0.05, 0) is 42.0 Å². The molecule has 3 aromatic carbocycles. The van der Waals surface area contributed by atoms with Gasteiger partial charge in [0.15, 0.2) is 12.1 Å². The van der Waals surface area contributed by atoms with Crippen LogP contribution in [0.5, 0.6) is 0 Å². The van der Waals surface area contributed by atoms with E-state index in [2.05, 4.69) is 27.0 Å². The number of esters is 1. The fraction of sp³-hybridized carbons (Fsp3) is 0.154. The van der Waals surface area contributed by atoms with Gasteiger partial charge in [-0.3, -0.25) is 0 Å².